The first kappa shape index (κ1) is 13.8. The molecule has 0 bridgehead atoms. The number of hydrogen-bond acceptors (Lipinski definition) is 5. The number of thiophene rings is 1. The van der Waals surface area contributed by atoms with Crippen LogP contribution in [0, 0.1) is 10.1 Å². The predicted octanol–water partition coefficient (Wildman–Crippen LogP) is 4.04. The highest BCUT2D eigenvalue weighted by Gasteiger charge is 2.09. The van der Waals surface area contributed by atoms with E-state index < -0.39 is 0 Å². The number of halogens is 1. The molecule has 0 amide bonds. The SMILES string of the molecule is COc1cc(NCc2ccc([N+](=O)[O-])s2)ccc1Br. The maximum Gasteiger partial charge on any atom is 0.324 e. The molecule has 2 aromatic rings. The van der Waals surface area contributed by atoms with E-state index >= 15 is 0 Å². The van der Waals surface area contributed by atoms with Crippen LogP contribution in [-0.4, -0.2) is 12.0 Å². The van der Waals surface area contributed by atoms with Crippen molar-refractivity contribution in [1.82, 2.24) is 0 Å². The highest BCUT2D eigenvalue weighted by atomic mass is 79.9. The Morgan fingerprint density at radius 1 is 1.42 bits per heavy atom. The molecule has 0 atom stereocenters. The number of benzene rings is 1. The van der Waals surface area contributed by atoms with Crippen molar-refractivity contribution < 1.29 is 9.66 Å². The van der Waals surface area contributed by atoms with Crippen LogP contribution in [0.15, 0.2) is 34.8 Å². The number of nitrogens with zero attached hydrogens (tertiary/aromatic N) is 1. The minimum Gasteiger partial charge on any atom is -0.495 e. The number of methoxy groups -OCH3 is 1. The predicted molar refractivity (Wildman–Crippen MR) is 79.0 cm³/mol. The molecule has 7 heteroatoms. The van der Waals surface area contributed by atoms with Crippen molar-refractivity contribution in [2.75, 3.05) is 12.4 Å². The van der Waals surface area contributed by atoms with E-state index in [9.17, 15) is 10.1 Å². The number of hydrogen-bond donors (Lipinski definition) is 1. The van der Waals surface area contributed by atoms with Gasteiger partial charge >= 0.3 is 5.00 Å². The van der Waals surface area contributed by atoms with Crippen molar-refractivity contribution >= 4 is 38.0 Å². The van der Waals surface area contributed by atoms with Gasteiger partial charge in [-0.25, -0.2) is 0 Å². The van der Waals surface area contributed by atoms with Gasteiger partial charge in [0.05, 0.1) is 16.5 Å². The standard InChI is InChI=1S/C12H11BrN2O3S/c1-18-11-6-8(2-4-10(11)13)14-7-9-3-5-12(19-9)15(16)17/h2-6,14H,7H2,1H3. The van der Waals surface area contributed by atoms with Crippen LogP contribution in [0.1, 0.15) is 4.88 Å². The monoisotopic (exact) mass is 342 g/mol. The molecule has 1 heterocycles. The van der Waals surface area contributed by atoms with Gasteiger partial charge in [-0.1, -0.05) is 11.3 Å². The average molecular weight is 343 g/mol. The van der Waals surface area contributed by atoms with Gasteiger partial charge in [0.1, 0.15) is 5.75 Å². The van der Waals surface area contributed by atoms with Crippen LogP contribution in [0.5, 0.6) is 5.75 Å². The zero-order valence-electron chi connectivity index (χ0n) is 10.1. The Morgan fingerprint density at radius 3 is 2.84 bits per heavy atom. The summed E-state index contributed by atoms with van der Waals surface area (Å²) in [5.74, 6) is 0.738. The molecule has 0 spiro atoms. The molecule has 1 aromatic carbocycles. The Bertz CT molecular complexity index is 600. The third-order valence-corrected chi connectivity index (χ3v) is 4.14. The third-order valence-electron chi connectivity index (χ3n) is 2.45. The van der Waals surface area contributed by atoms with Crippen molar-refractivity contribution in [2.45, 2.75) is 6.54 Å². The highest BCUT2D eigenvalue weighted by molar-refractivity contribution is 9.10. The second-order valence-electron chi connectivity index (χ2n) is 3.70. The summed E-state index contributed by atoms with van der Waals surface area (Å²) in [5.41, 5.74) is 0.899. The molecule has 1 N–H and O–H groups in total. The highest BCUT2D eigenvalue weighted by Crippen LogP contribution is 2.29. The van der Waals surface area contributed by atoms with Gasteiger partial charge in [0.15, 0.2) is 0 Å². The van der Waals surface area contributed by atoms with Crippen LogP contribution >= 0.6 is 27.3 Å². The molecule has 2 rings (SSSR count). The normalized spacial score (nSPS) is 10.2. The van der Waals surface area contributed by atoms with E-state index in [4.69, 9.17) is 4.74 Å². The molecule has 0 saturated carbocycles. The summed E-state index contributed by atoms with van der Waals surface area (Å²) in [5, 5.41) is 13.9. The summed E-state index contributed by atoms with van der Waals surface area (Å²) < 4.78 is 6.08. The van der Waals surface area contributed by atoms with Crippen molar-refractivity contribution in [1.29, 1.82) is 0 Å². The van der Waals surface area contributed by atoms with Crippen LogP contribution in [0.3, 0.4) is 0 Å². The number of rotatable bonds is 5. The van der Waals surface area contributed by atoms with E-state index in [0.717, 1.165) is 20.8 Å². The average Bonchev–Trinajstić information content (AvgIpc) is 2.87. The summed E-state index contributed by atoms with van der Waals surface area (Å²) >= 11 is 4.55. The number of nitro groups is 1. The molecule has 0 aliphatic rings. The van der Waals surface area contributed by atoms with Gasteiger partial charge in [-0.05, 0) is 34.1 Å². The van der Waals surface area contributed by atoms with Crippen molar-refractivity contribution in [3.63, 3.8) is 0 Å². The smallest absolute Gasteiger partial charge is 0.324 e. The molecule has 0 unspecified atom stereocenters. The van der Waals surface area contributed by atoms with E-state index in [2.05, 4.69) is 21.2 Å². The summed E-state index contributed by atoms with van der Waals surface area (Å²) in [6.45, 7) is 0.545. The Morgan fingerprint density at radius 2 is 2.21 bits per heavy atom. The van der Waals surface area contributed by atoms with Crippen molar-refractivity contribution in [2.24, 2.45) is 0 Å². The fourth-order valence-corrected chi connectivity index (χ4v) is 2.69. The van der Waals surface area contributed by atoms with Crippen LogP contribution in [0.25, 0.3) is 0 Å². The molecular formula is C12H11BrN2O3S. The molecule has 0 saturated heterocycles. The van der Waals surface area contributed by atoms with Gasteiger partial charge in [-0.2, -0.15) is 0 Å². The molecule has 0 aliphatic carbocycles. The van der Waals surface area contributed by atoms with Gasteiger partial charge in [-0.15, -0.1) is 0 Å². The number of nitrogens with one attached hydrogen (secondary N) is 1. The third kappa shape index (κ3) is 3.45. The largest absolute Gasteiger partial charge is 0.495 e. The number of anilines is 1. The van der Waals surface area contributed by atoms with Gasteiger partial charge in [0.2, 0.25) is 0 Å². The van der Waals surface area contributed by atoms with Gasteiger partial charge < -0.3 is 10.1 Å². The van der Waals surface area contributed by atoms with E-state index in [1.165, 1.54) is 17.4 Å². The minimum absolute atomic E-state index is 0.158. The molecule has 0 radical (unpaired) electrons. The minimum atomic E-state index is -0.378. The van der Waals surface area contributed by atoms with Crippen LogP contribution in [0.2, 0.25) is 0 Å². The molecular weight excluding hydrogens is 332 g/mol. The Hall–Kier alpha value is -1.60. The lowest BCUT2D eigenvalue weighted by molar-refractivity contribution is -0.380. The van der Waals surface area contributed by atoms with Gasteiger partial charge in [0.25, 0.3) is 0 Å². The Labute approximate surface area is 122 Å². The fraction of sp³-hybridized carbons (Fsp3) is 0.167. The molecule has 19 heavy (non-hydrogen) atoms. The maximum atomic E-state index is 10.6. The second kappa shape index (κ2) is 6.03. The lowest BCUT2D eigenvalue weighted by atomic mass is 10.3. The van der Waals surface area contributed by atoms with Crippen molar-refractivity contribution in [3.05, 3.63) is 49.8 Å². The van der Waals surface area contributed by atoms with E-state index in [1.54, 1.807) is 13.2 Å². The number of ether oxygens (including phenoxy) is 1. The first-order valence-electron chi connectivity index (χ1n) is 5.40. The molecule has 1 aromatic heterocycles. The molecule has 5 nitrogen and oxygen atoms in total. The molecule has 100 valence electrons. The quantitative estimate of drug-likeness (QED) is 0.657. The van der Waals surface area contributed by atoms with Crippen LogP contribution in [-0.2, 0) is 6.54 Å². The Kier molecular flexibility index (Phi) is 4.39. The maximum absolute atomic E-state index is 10.6. The van der Waals surface area contributed by atoms with Crippen molar-refractivity contribution in [3.8, 4) is 5.75 Å². The lowest BCUT2D eigenvalue weighted by Gasteiger charge is -2.08. The Balaban J connectivity index is 2.03. The van der Waals surface area contributed by atoms with Gasteiger partial charge in [0, 0.05) is 29.2 Å². The first-order chi connectivity index (χ1) is 9.10. The van der Waals surface area contributed by atoms with Crippen LogP contribution < -0.4 is 10.1 Å². The summed E-state index contributed by atoms with van der Waals surface area (Å²) in [6.07, 6.45) is 0. The zero-order valence-corrected chi connectivity index (χ0v) is 12.5. The summed E-state index contributed by atoms with van der Waals surface area (Å²) in [7, 11) is 1.60. The van der Waals surface area contributed by atoms with E-state index in [0.29, 0.717) is 6.54 Å². The lowest BCUT2D eigenvalue weighted by Crippen LogP contribution is -1.97. The molecule has 0 fully saturated rings. The zero-order chi connectivity index (χ0) is 13.8. The summed E-state index contributed by atoms with van der Waals surface area (Å²) in [6, 6.07) is 8.94. The van der Waals surface area contributed by atoms with E-state index in [1.807, 2.05) is 18.2 Å². The topological polar surface area (TPSA) is 64.4 Å². The second-order valence-corrected chi connectivity index (χ2v) is 5.70. The van der Waals surface area contributed by atoms with Crippen LogP contribution in [0.4, 0.5) is 10.7 Å². The van der Waals surface area contributed by atoms with Gasteiger partial charge in [-0.3, -0.25) is 10.1 Å². The first-order valence-corrected chi connectivity index (χ1v) is 7.01. The fourth-order valence-electron chi connectivity index (χ4n) is 1.52. The molecule has 0 aliphatic heterocycles. The summed E-state index contributed by atoms with van der Waals surface area (Å²) in [4.78, 5) is 11.1. The van der Waals surface area contributed by atoms with E-state index in [-0.39, 0.29) is 9.92 Å².